The topological polar surface area (TPSA) is 38.3 Å². The fraction of sp³-hybridized carbons (Fsp3) is 0.588. The number of benzene rings is 1. The highest BCUT2D eigenvalue weighted by Crippen LogP contribution is 2.64. The van der Waals surface area contributed by atoms with E-state index in [1.807, 2.05) is 0 Å². The molecule has 37 heavy (non-hydrogen) atoms. The summed E-state index contributed by atoms with van der Waals surface area (Å²) in [6, 6.07) is 6.33. The average molecular weight is 583 g/mol. The van der Waals surface area contributed by atoms with Crippen LogP contribution in [0.25, 0.3) is 0 Å². The zero-order valence-corrected chi connectivity index (χ0v) is 17.0. The van der Waals surface area contributed by atoms with Crippen LogP contribution < -0.4 is 5.32 Å². The van der Waals surface area contributed by atoms with Gasteiger partial charge in [0.05, 0.1) is 13.0 Å². The van der Waals surface area contributed by atoms with E-state index in [-0.39, 0.29) is 5.69 Å². The van der Waals surface area contributed by atoms with Crippen LogP contribution in [0.1, 0.15) is 6.42 Å². The van der Waals surface area contributed by atoms with Crippen molar-refractivity contribution in [3.63, 3.8) is 0 Å². The summed E-state index contributed by atoms with van der Waals surface area (Å²) in [6.45, 7) is -2.03. The summed E-state index contributed by atoms with van der Waals surface area (Å²) in [6.07, 6.45) is -12.4. The summed E-state index contributed by atoms with van der Waals surface area (Å²) >= 11 is 0. The van der Waals surface area contributed by atoms with Crippen LogP contribution >= 0.6 is 0 Å². The SMILES string of the molecule is O=C(Nc1ccccc1)OCCC(F)(F)C(F)(F)C(F)(F)C(F)(F)C(F)(F)C(F)(F)C(F)(F)C(F)(F)F. The second kappa shape index (κ2) is 9.55. The summed E-state index contributed by atoms with van der Waals surface area (Å²) in [4.78, 5) is 11.3. The summed E-state index contributed by atoms with van der Waals surface area (Å²) in [7, 11) is 0. The minimum absolute atomic E-state index is 0.102. The van der Waals surface area contributed by atoms with Crippen LogP contribution in [0, 0.1) is 0 Å². The molecule has 214 valence electrons. The van der Waals surface area contributed by atoms with E-state index >= 15 is 0 Å². The molecule has 0 saturated carbocycles. The Morgan fingerprint density at radius 1 is 0.595 bits per heavy atom. The van der Waals surface area contributed by atoms with Gasteiger partial charge in [0, 0.05) is 5.69 Å². The Bertz CT molecular complexity index is 943. The molecule has 0 radical (unpaired) electrons. The number of anilines is 1. The van der Waals surface area contributed by atoms with Crippen LogP contribution in [0.15, 0.2) is 30.3 Å². The number of halogens is 17. The summed E-state index contributed by atoms with van der Waals surface area (Å²) in [5.41, 5.74) is -0.102. The number of para-hydroxylation sites is 1. The number of hydrogen-bond acceptors (Lipinski definition) is 2. The molecule has 1 amide bonds. The monoisotopic (exact) mass is 583 g/mol. The van der Waals surface area contributed by atoms with Crippen LogP contribution in [0.2, 0.25) is 0 Å². The first kappa shape index (κ1) is 32.3. The highest BCUT2D eigenvalue weighted by molar-refractivity contribution is 5.84. The van der Waals surface area contributed by atoms with Crippen molar-refractivity contribution in [2.45, 2.75) is 54.1 Å². The van der Waals surface area contributed by atoms with E-state index in [9.17, 15) is 79.4 Å². The van der Waals surface area contributed by atoms with Gasteiger partial charge in [-0.05, 0) is 12.1 Å². The van der Waals surface area contributed by atoms with Gasteiger partial charge in [0.2, 0.25) is 0 Å². The smallest absolute Gasteiger partial charge is 0.449 e. The van der Waals surface area contributed by atoms with Gasteiger partial charge in [-0.25, -0.2) is 4.79 Å². The zero-order valence-electron chi connectivity index (χ0n) is 17.0. The number of rotatable bonds is 10. The number of ether oxygens (including phenoxy) is 1. The highest BCUT2D eigenvalue weighted by atomic mass is 19.4. The van der Waals surface area contributed by atoms with Crippen molar-refractivity contribution >= 4 is 11.8 Å². The second-order valence-electron chi connectivity index (χ2n) is 7.03. The van der Waals surface area contributed by atoms with E-state index in [2.05, 4.69) is 4.74 Å². The lowest BCUT2D eigenvalue weighted by Gasteiger charge is -2.42. The van der Waals surface area contributed by atoms with Crippen LogP contribution in [0.5, 0.6) is 0 Å². The number of alkyl halides is 17. The van der Waals surface area contributed by atoms with Gasteiger partial charge in [0.25, 0.3) is 0 Å². The molecular weight excluding hydrogens is 573 g/mol. The lowest BCUT2D eigenvalue weighted by atomic mass is 9.88. The van der Waals surface area contributed by atoms with E-state index in [0.29, 0.717) is 0 Å². The van der Waals surface area contributed by atoms with Crippen LogP contribution in [-0.2, 0) is 4.74 Å². The first-order chi connectivity index (χ1) is 16.2. The van der Waals surface area contributed by atoms with Crippen LogP contribution in [0.3, 0.4) is 0 Å². The van der Waals surface area contributed by atoms with Gasteiger partial charge in [-0.3, -0.25) is 5.32 Å². The first-order valence-corrected chi connectivity index (χ1v) is 8.92. The minimum Gasteiger partial charge on any atom is -0.449 e. The van der Waals surface area contributed by atoms with E-state index < -0.39 is 66.8 Å². The molecule has 0 aliphatic rings. The molecule has 1 aromatic rings. The van der Waals surface area contributed by atoms with Crippen molar-refractivity contribution in [3.05, 3.63) is 30.3 Å². The molecule has 1 aromatic carbocycles. The number of amides is 1. The van der Waals surface area contributed by atoms with Crippen molar-refractivity contribution < 1.29 is 84.2 Å². The van der Waals surface area contributed by atoms with E-state index in [0.717, 1.165) is 12.1 Å². The Morgan fingerprint density at radius 3 is 1.38 bits per heavy atom. The number of carbonyl (C=O) groups excluding carboxylic acids is 1. The molecule has 20 heteroatoms. The average Bonchev–Trinajstić information content (AvgIpc) is 2.72. The second-order valence-corrected chi connectivity index (χ2v) is 7.03. The Kier molecular flexibility index (Phi) is 8.35. The first-order valence-electron chi connectivity index (χ1n) is 8.92. The minimum atomic E-state index is -8.69. The molecule has 0 unspecified atom stereocenters. The summed E-state index contributed by atoms with van der Waals surface area (Å²) in [5, 5.41) is 1.78. The van der Waals surface area contributed by atoms with E-state index in [1.165, 1.54) is 18.2 Å². The van der Waals surface area contributed by atoms with Gasteiger partial charge in [0.1, 0.15) is 0 Å². The number of nitrogens with one attached hydrogen (secondary N) is 1. The van der Waals surface area contributed by atoms with Gasteiger partial charge in [-0.15, -0.1) is 0 Å². The normalized spacial score (nSPS) is 14.9. The molecule has 0 saturated heterocycles. The van der Waals surface area contributed by atoms with Crippen molar-refractivity contribution in [1.82, 2.24) is 0 Å². The molecule has 0 aromatic heterocycles. The summed E-state index contributed by atoms with van der Waals surface area (Å²) in [5.74, 6) is -56.9. The van der Waals surface area contributed by atoms with E-state index in [4.69, 9.17) is 0 Å². The lowest BCUT2D eigenvalue weighted by molar-refractivity contribution is -0.461. The lowest BCUT2D eigenvalue weighted by Crippen LogP contribution is -2.74. The molecule has 0 fully saturated rings. The summed E-state index contributed by atoms with van der Waals surface area (Å²) < 4.78 is 227. The van der Waals surface area contributed by atoms with Crippen molar-refractivity contribution in [3.8, 4) is 0 Å². The fourth-order valence-electron chi connectivity index (χ4n) is 2.30. The Hall–Kier alpha value is -2.70. The van der Waals surface area contributed by atoms with Crippen molar-refractivity contribution in [2.75, 3.05) is 11.9 Å². The molecule has 0 atom stereocenters. The Morgan fingerprint density at radius 2 is 0.973 bits per heavy atom. The Balaban J connectivity index is 3.22. The van der Waals surface area contributed by atoms with Crippen molar-refractivity contribution in [1.29, 1.82) is 0 Å². The van der Waals surface area contributed by atoms with Crippen molar-refractivity contribution in [2.24, 2.45) is 0 Å². The fourth-order valence-corrected chi connectivity index (χ4v) is 2.30. The third kappa shape index (κ3) is 5.19. The predicted octanol–water partition coefficient (Wildman–Crippen LogP) is 7.63. The molecule has 1 rings (SSSR count). The molecule has 1 N–H and O–H groups in total. The van der Waals surface area contributed by atoms with Gasteiger partial charge in [-0.1, -0.05) is 18.2 Å². The maximum absolute atomic E-state index is 13.7. The zero-order chi connectivity index (χ0) is 29.5. The van der Waals surface area contributed by atoms with Crippen LogP contribution in [0.4, 0.5) is 85.1 Å². The maximum Gasteiger partial charge on any atom is 0.460 e. The number of carbonyl (C=O) groups is 1. The standard InChI is InChI=1S/C17H10F17NO2/c18-10(19,6-7-37-9(36)35-8-4-2-1-3-5-8)11(20,21)12(22,23)13(24,25)14(26,27)15(28,29)16(30,31)17(32,33)34/h1-5H,6-7H2,(H,35,36). The third-order valence-electron chi connectivity index (χ3n) is 4.46. The molecule has 0 heterocycles. The largest absolute Gasteiger partial charge is 0.460 e. The third-order valence-corrected chi connectivity index (χ3v) is 4.46. The number of hydrogen-bond donors (Lipinski definition) is 1. The quantitative estimate of drug-likeness (QED) is 0.288. The van der Waals surface area contributed by atoms with Crippen LogP contribution in [-0.4, -0.2) is 60.3 Å². The predicted molar refractivity (Wildman–Crippen MR) is 86.7 cm³/mol. The highest BCUT2D eigenvalue weighted by Gasteiger charge is 2.95. The molecule has 0 bridgehead atoms. The van der Waals surface area contributed by atoms with Gasteiger partial charge >= 0.3 is 53.7 Å². The van der Waals surface area contributed by atoms with Gasteiger partial charge in [0.15, 0.2) is 0 Å². The maximum atomic E-state index is 13.7. The molecule has 0 spiro atoms. The Labute approximate surface area is 193 Å². The molecule has 3 nitrogen and oxygen atoms in total. The molecule has 0 aliphatic carbocycles. The van der Waals surface area contributed by atoms with E-state index in [1.54, 1.807) is 5.32 Å². The molecular formula is C17H10F17NO2. The van der Waals surface area contributed by atoms with Gasteiger partial charge < -0.3 is 4.74 Å². The molecule has 0 aliphatic heterocycles. The van der Waals surface area contributed by atoms with Gasteiger partial charge in [-0.2, -0.15) is 74.6 Å².